The molecule has 2 rings (SSSR count). The van der Waals surface area contributed by atoms with E-state index in [-0.39, 0.29) is 29.8 Å². The molecule has 1 amide bonds. The Morgan fingerprint density at radius 3 is 2.50 bits per heavy atom. The quantitative estimate of drug-likeness (QED) is 0.828. The largest absolute Gasteiger partial charge is 0.355 e. The highest BCUT2D eigenvalue weighted by Gasteiger charge is 2.42. The maximum absolute atomic E-state index is 12.2. The first kappa shape index (κ1) is 15.8. The normalized spacial score (nSPS) is 33.4. The van der Waals surface area contributed by atoms with Crippen molar-refractivity contribution in [1.29, 1.82) is 0 Å². The van der Waals surface area contributed by atoms with Crippen LogP contribution in [0.25, 0.3) is 0 Å². The Morgan fingerprint density at radius 1 is 1.33 bits per heavy atom. The van der Waals surface area contributed by atoms with Gasteiger partial charge in [-0.3, -0.25) is 4.79 Å². The van der Waals surface area contributed by atoms with Crippen LogP contribution in [-0.4, -0.2) is 18.0 Å². The van der Waals surface area contributed by atoms with E-state index < -0.39 is 0 Å². The van der Waals surface area contributed by atoms with E-state index in [1.54, 1.807) is 0 Å². The lowest BCUT2D eigenvalue weighted by Crippen LogP contribution is -2.53. The van der Waals surface area contributed by atoms with Gasteiger partial charge in [0, 0.05) is 12.1 Å². The Bertz CT molecular complexity index is 300. The molecule has 106 valence electrons. The molecule has 2 unspecified atom stereocenters. The van der Waals surface area contributed by atoms with Gasteiger partial charge in [-0.05, 0) is 44.4 Å². The van der Waals surface area contributed by atoms with E-state index in [0.717, 1.165) is 32.2 Å². The highest BCUT2D eigenvalue weighted by molar-refractivity contribution is 5.85. The molecule has 0 bridgehead atoms. The number of carbonyl (C=O) groups excluding carboxylic acids is 1. The third-order valence-corrected chi connectivity index (χ3v) is 4.92. The van der Waals surface area contributed by atoms with Crippen molar-refractivity contribution in [1.82, 2.24) is 5.32 Å². The second-order valence-corrected chi connectivity index (χ2v) is 6.38. The predicted molar refractivity (Wildman–Crippen MR) is 76.8 cm³/mol. The Balaban J connectivity index is 0.00000162. The Morgan fingerprint density at radius 2 is 2.00 bits per heavy atom. The van der Waals surface area contributed by atoms with E-state index in [0.29, 0.717) is 5.41 Å². The fourth-order valence-electron chi connectivity index (χ4n) is 3.02. The molecule has 0 aromatic rings. The van der Waals surface area contributed by atoms with Gasteiger partial charge in [-0.15, -0.1) is 12.4 Å². The van der Waals surface area contributed by atoms with Gasteiger partial charge in [0.25, 0.3) is 0 Å². The number of halogens is 1. The SMILES string of the molecule is CCC1(CNC(=O)C2CCCCC2(C)N)CC1.Cl. The fourth-order valence-corrected chi connectivity index (χ4v) is 3.02. The molecular formula is C14H27ClN2O. The maximum Gasteiger partial charge on any atom is 0.224 e. The predicted octanol–water partition coefficient (Wildman–Crippen LogP) is 2.62. The van der Waals surface area contributed by atoms with Gasteiger partial charge in [-0.25, -0.2) is 0 Å². The number of amides is 1. The van der Waals surface area contributed by atoms with Crippen molar-refractivity contribution < 1.29 is 4.79 Å². The second-order valence-electron chi connectivity index (χ2n) is 6.38. The summed E-state index contributed by atoms with van der Waals surface area (Å²) in [5, 5.41) is 3.14. The fraction of sp³-hybridized carbons (Fsp3) is 0.929. The standard InChI is InChI=1S/C14H26N2O.ClH/c1-3-14(8-9-14)10-16-12(17)11-6-4-5-7-13(11,2)15;/h11H,3-10,15H2,1-2H3,(H,16,17);1H. The molecule has 0 aliphatic heterocycles. The minimum atomic E-state index is -0.300. The molecule has 2 aliphatic carbocycles. The number of rotatable bonds is 4. The lowest BCUT2D eigenvalue weighted by Gasteiger charge is -2.37. The Kier molecular flexibility index (Phi) is 5.07. The summed E-state index contributed by atoms with van der Waals surface area (Å²) < 4.78 is 0. The van der Waals surface area contributed by atoms with Crippen molar-refractivity contribution in [2.75, 3.05) is 6.54 Å². The molecule has 0 spiro atoms. The van der Waals surface area contributed by atoms with Crippen molar-refractivity contribution in [3.8, 4) is 0 Å². The number of hydrogen-bond donors (Lipinski definition) is 2. The number of hydrogen-bond acceptors (Lipinski definition) is 2. The summed E-state index contributed by atoms with van der Waals surface area (Å²) >= 11 is 0. The lowest BCUT2D eigenvalue weighted by molar-refractivity contribution is -0.128. The molecule has 4 heteroatoms. The number of carbonyl (C=O) groups is 1. The first-order valence-electron chi connectivity index (χ1n) is 7.06. The molecule has 2 aliphatic rings. The van der Waals surface area contributed by atoms with E-state index in [2.05, 4.69) is 12.2 Å². The average Bonchev–Trinajstić information content (AvgIpc) is 3.06. The summed E-state index contributed by atoms with van der Waals surface area (Å²) in [6.45, 7) is 5.10. The molecule has 0 heterocycles. The van der Waals surface area contributed by atoms with Gasteiger partial charge in [0.2, 0.25) is 5.91 Å². The molecule has 2 fully saturated rings. The summed E-state index contributed by atoms with van der Waals surface area (Å²) in [7, 11) is 0. The van der Waals surface area contributed by atoms with Crippen molar-refractivity contribution in [3.63, 3.8) is 0 Å². The lowest BCUT2D eigenvalue weighted by atomic mass is 9.74. The van der Waals surface area contributed by atoms with Crippen LogP contribution >= 0.6 is 12.4 Å². The molecule has 0 saturated heterocycles. The highest BCUT2D eigenvalue weighted by Crippen LogP contribution is 2.48. The zero-order valence-electron chi connectivity index (χ0n) is 11.6. The van der Waals surface area contributed by atoms with E-state index in [9.17, 15) is 4.79 Å². The number of nitrogens with two attached hydrogens (primary N) is 1. The minimum absolute atomic E-state index is 0. The molecule has 3 N–H and O–H groups in total. The van der Waals surface area contributed by atoms with Crippen LogP contribution in [0.15, 0.2) is 0 Å². The second kappa shape index (κ2) is 5.79. The third-order valence-electron chi connectivity index (χ3n) is 4.92. The van der Waals surface area contributed by atoms with Crippen LogP contribution in [0.2, 0.25) is 0 Å². The van der Waals surface area contributed by atoms with Crippen molar-refractivity contribution in [3.05, 3.63) is 0 Å². The average molecular weight is 275 g/mol. The first-order valence-corrected chi connectivity index (χ1v) is 7.06. The zero-order valence-corrected chi connectivity index (χ0v) is 12.4. The van der Waals surface area contributed by atoms with Gasteiger partial charge >= 0.3 is 0 Å². The highest BCUT2D eigenvalue weighted by atomic mass is 35.5. The van der Waals surface area contributed by atoms with Crippen LogP contribution in [0.1, 0.15) is 58.8 Å². The van der Waals surface area contributed by atoms with Crippen molar-refractivity contribution in [2.24, 2.45) is 17.1 Å². The Labute approximate surface area is 117 Å². The zero-order chi connectivity index (χ0) is 12.5. The van der Waals surface area contributed by atoms with Crippen LogP contribution < -0.4 is 11.1 Å². The summed E-state index contributed by atoms with van der Waals surface area (Å²) in [5.74, 6) is 0.207. The van der Waals surface area contributed by atoms with Crippen molar-refractivity contribution >= 4 is 18.3 Å². The monoisotopic (exact) mass is 274 g/mol. The van der Waals surface area contributed by atoms with Gasteiger partial charge in [-0.1, -0.05) is 19.8 Å². The summed E-state index contributed by atoms with van der Waals surface area (Å²) in [4.78, 5) is 12.2. The Hall–Kier alpha value is -0.280. The summed E-state index contributed by atoms with van der Waals surface area (Å²) in [6.07, 6.45) is 7.96. The van der Waals surface area contributed by atoms with E-state index in [4.69, 9.17) is 5.73 Å². The van der Waals surface area contributed by atoms with E-state index >= 15 is 0 Å². The van der Waals surface area contributed by atoms with Crippen molar-refractivity contribution in [2.45, 2.75) is 64.3 Å². The summed E-state index contributed by atoms with van der Waals surface area (Å²) in [6, 6.07) is 0. The maximum atomic E-state index is 12.2. The number of nitrogens with one attached hydrogen (secondary N) is 1. The first-order chi connectivity index (χ1) is 7.99. The molecule has 2 atom stereocenters. The summed E-state index contributed by atoms with van der Waals surface area (Å²) in [5.41, 5.74) is 6.38. The molecule has 0 aromatic carbocycles. The topological polar surface area (TPSA) is 55.1 Å². The van der Waals surface area contributed by atoms with Gasteiger partial charge in [0.15, 0.2) is 0 Å². The molecule has 3 nitrogen and oxygen atoms in total. The van der Waals surface area contributed by atoms with Crippen LogP contribution in [0, 0.1) is 11.3 Å². The smallest absolute Gasteiger partial charge is 0.224 e. The minimum Gasteiger partial charge on any atom is -0.355 e. The van der Waals surface area contributed by atoms with Crippen LogP contribution in [0.4, 0.5) is 0 Å². The van der Waals surface area contributed by atoms with Gasteiger partial charge in [0.1, 0.15) is 0 Å². The molecule has 0 aromatic heterocycles. The van der Waals surface area contributed by atoms with Gasteiger partial charge in [-0.2, -0.15) is 0 Å². The van der Waals surface area contributed by atoms with Crippen LogP contribution in [0.5, 0.6) is 0 Å². The molecule has 18 heavy (non-hydrogen) atoms. The van der Waals surface area contributed by atoms with Gasteiger partial charge < -0.3 is 11.1 Å². The molecule has 0 radical (unpaired) electrons. The van der Waals surface area contributed by atoms with Crippen LogP contribution in [0.3, 0.4) is 0 Å². The van der Waals surface area contributed by atoms with Crippen LogP contribution in [-0.2, 0) is 4.79 Å². The third kappa shape index (κ3) is 3.39. The van der Waals surface area contributed by atoms with Gasteiger partial charge in [0.05, 0.1) is 5.92 Å². The molecule has 2 saturated carbocycles. The molecular weight excluding hydrogens is 248 g/mol. The van der Waals surface area contributed by atoms with E-state index in [1.165, 1.54) is 19.3 Å². The van der Waals surface area contributed by atoms with E-state index in [1.807, 2.05) is 6.92 Å².